The van der Waals surface area contributed by atoms with Gasteiger partial charge in [0.2, 0.25) is 5.75 Å². The van der Waals surface area contributed by atoms with Crippen molar-refractivity contribution in [2.24, 2.45) is 0 Å². The third-order valence-corrected chi connectivity index (χ3v) is 4.59. The molecule has 1 aliphatic heterocycles. The summed E-state index contributed by atoms with van der Waals surface area (Å²) in [6.07, 6.45) is 3.30. The highest BCUT2D eigenvalue weighted by molar-refractivity contribution is 6.50. The number of ether oxygens (including phenoxy) is 3. The van der Waals surface area contributed by atoms with Gasteiger partial charge in [-0.15, -0.1) is 0 Å². The van der Waals surface area contributed by atoms with Crippen molar-refractivity contribution in [3.05, 3.63) is 47.8 Å². The number of carbonyl (C=O) groups excluding carboxylic acids is 2. The molecule has 1 aromatic carbocycles. The van der Waals surface area contributed by atoms with Gasteiger partial charge in [-0.05, 0) is 29.8 Å². The van der Waals surface area contributed by atoms with Gasteiger partial charge < -0.3 is 19.2 Å². The summed E-state index contributed by atoms with van der Waals surface area (Å²) in [4.78, 5) is 32.7. The van der Waals surface area contributed by atoms with Crippen LogP contribution in [0, 0.1) is 0 Å². The van der Waals surface area contributed by atoms with Crippen molar-refractivity contribution in [2.45, 2.75) is 0 Å². The molecule has 0 aliphatic carbocycles. The van der Waals surface area contributed by atoms with E-state index in [1.807, 2.05) is 6.07 Å². The average Bonchev–Trinajstić information content (AvgIpc) is 3.26. The Morgan fingerprint density at radius 3 is 2.25 bits per heavy atom. The van der Waals surface area contributed by atoms with Crippen molar-refractivity contribution < 1.29 is 23.8 Å². The number of hydrogen-bond acceptors (Lipinski definition) is 6. The summed E-state index contributed by atoms with van der Waals surface area (Å²) in [6.45, 7) is 0. The Hall–Kier alpha value is -3.81. The van der Waals surface area contributed by atoms with E-state index in [2.05, 4.69) is 15.3 Å². The molecule has 0 bridgehead atoms. The Morgan fingerprint density at radius 1 is 0.929 bits per heavy atom. The number of benzene rings is 1. The first kappa shape index (κ1) is 17.6. The van der Waals surface area contributed by atoms with Crippen LogP contribution in [-0.4, -0.2) is 43.1 Å². The zero-order valence-electron chi connectivity index (χ0n) is 15.5. The van der Waals surface area contributed by atoms with E-state index in [0.29, 0.717) is 33.9 Å². The van der Waals surface area contributed by atoms with Gasteiger partial charge in [0.1, 0.15) is 0 Å². The second-order valence-corrected chi connectivity index (χ2v) is 6.05. The molecule has 0 fully saturated rings. The lowest BCUT2D eigenvalue weighted by Crippen LogP contribution is -2.22. The molecule has 2 amide bonds. The number of H-pyrrole nitrogens is 1. The fraction of sp³-hybridized carbons (Fsp3) is 0.150. The number of nitrogens with one attached hydrogen (secondary N) is 2. The highest BCUT2D eigenvalue weighted by Crippen LogP contribution is 2.42. The topological polar surface area (TPSA) is 103 Å². The Labute approximate surface area is 160 Å². The van der Waals surface area contributed by atoms with Crippen LogP contribution in [0.25, 0.3) is 22.2 Å². The van der Waals surface area contributed by atoms with Crippen molar-refractivity contribution in [1.82, 2.24) is 15.3 Å². The molecule has 8 nitrogen and oxygen atoms in total. The molecule has 1 aliphatic rings. The summed E-state index contributed by atoms with van der Waals surface area (Å²) < 4.78 is 16.1. The third-order valence-electron chi connectivity index (χ3n) is 4.59. The van der Waals surface area contributed by atoms with E-state index < -0.39 is 11.8 Å². The highest BCUT2D eigenvalue weighted by Gasteiger charge is 2.34. The molecule has 8 heteroatoms. The molecule has 3 heterocycles. The molecule has 0 atom stereocenters. The van der Waals surface area contributed by atoms with Gasteiger partial charge >= 0.3 is 0 Å². The first-order valence-corrected chi connectivity index (χ1v) is 8.41. The number of rotatable bonds is 5. The van der Waals surface area contributed by atoms with Crippen LogP contribution in [0.15, 0.2) is 36.7 Å². The monoisotopic (exact) mass is 379 g/mol. The summed E-state index contributed by atoms with van der Waals surface area (Å²) in [5.41, 5.74) is 2.84. The molecule has 4 rings (SSSR count). The van der Waals surface area contributed by atoms with Crippen LogP contribution >= 0.6 is 0 Å². The molecule has 0 unspecified atom stereocenters. The fourth-order valence-electron chi connectivity index (χ4n) is 3.36. The van der Waals surface area contributed by atoms with E-state index in [0.717, 1.165) is 5.52 Å². The molecule has 2 aromatic heterocycles. The summed E-state index contributed by atoms with van der Waals surface area (Å²) in [6, 6.07) is 6.91. The second kappa shape index (κ2) is 6.73. The number of nitrogens with zero attached hydrogens (tertiary/aromatic N) is 1. The largest absolute Gasteiger partial charge is 0.493 e. The maximum atomic E-state index is 12.6. The van der Waals surface area contributed by atoms with Crippen molar-refractivity contribution in [2.75, 3.05) is 21.3 Å². The SMILES string of the molecule is COc1cc(C2=C(c3c[nH]c4cccnc34)C(=O)NC2=O)cc(OC)c1OC. The van der Waals surface area contributed by atoms with Crippen LogP contribution in [0.3, 0.4) is 0 Å². The zero-order chi connectivity index (χ0) is 19.8. The molecule has 0 saturated heterocycles. The number of aromatic nitrogens is 2. The minimum atomic E-state index is -0.500. The molecule has 28 heavy (non-hydrogen) atoms. The number of imide groups is 1. The summed E-state index contributed by atoms with van der Waals surface area (Å²) in [5.74, 6) is 0.176. The Bertz CT molecular complexity index is 1120. The van der Waals surface area contributed by atoms with Crippen molar-refractivity contribution >= 4 is 34.0 Å². The van der Waals surface area contributed by atoms with Gasteiger partial charge in [-0.25, -0.2) is 0 Å². The predicted molar refractivity (Wildman–Crippen MR) is 102 cm³/mol. The van der Waals surface area contributed by atoms with Crippen LogP contribution in [0.5, 0.6) is 17.2 Å². The number of methoxy groups -OCH3 is 3. The van der Waals surface area contributed by atoms with E-state index in [4.69, 9.17) is 14.2 Å². The van der Waals surface area contributed by atoms with E-state index in [1.165, 1.54) is 21.3 Å². The zero-order valence-corrected chi connectivity index (χ0v) is 15.5. The minimum Gasteiger partial charge on any atom is -0.493 e. The van der Waals surface area contributed by atoms with E-state index >= 15 is 0 Å². The van der Waals surface area contributed by atoms with E-state index in [9.17, 15) is 9.59 Å². The number of aromatic amines is 1. The van der Waals surface area contributed by atoms with Gasteiger partial charge in [0.05, 0.1) is 43.5 Å². The molecule has 142 valence electrons. The van der Waals surface area contributed by atoms with Crippen LogP contribution in [0.1, 0.15) is 11.1 Å². The predicted octanol–water partition coefficient (Wildman–Crippen LogP) is 2.16. The van der Waals surface area contributed by atoms with Crippen LogP contribution in [0.4, 0.5) is 0 Å². The molecule has 0 saturated carbocycles. The number of fused-ring (bicyclic) bond motifs is 1. The Morgan fingerprint density at radius 2 is 1.61 bits per heavy atom. The van der Waals surface area contributed by atoms with Gasteiger partial charge in [-0.2, -0.15) is 0 Å². The molecule has 2 N–H and O–H groups in total. The van der Waals surface area contributed by atoms with E-state index in [1.54, 1.807) is 30.6 Å². The standard InChI is InChI=1S/C20H17N3O5/c1-26-13-7-10(8-14(27-2)18(13)28-3)15-16(20(25)23-19(15)24)11-9-22-12-5-4-6-21-17(11)12/h4-9,22H,1-3H3,(H,23,24,25). The number of pyridine rings is 1. The van der Waals surface area contributed by atoms with Gasteiger partial charge in [0, 0.05) is 18.0 Å². The quantitative estimate of drug-likeness (QED) is 0.659. The molecular weight excluding hydrogens is 362 g/mol. The lowest BCUT2D eigenvalue weighted by Gasteiger charge is -2.14. The third kappa shape index (κ3) is 2.58. The maximum absolute atomic E-state index is 12.6. The van der Waals surface area contributed by atoms with Crippen molar-refractivity contribution in [3.63, 3.8) is 0 Å². The molecule has 0 radical (unpaired) electrons. The van der Waals surface area contributed by atoms with Crippen LogP contribution in [-0.2, 0) is 9.59 Å². The van der Waals surface area contributed by atoms with Gasteiger partial charge in [-0.1, -0.05) is 0 Å². The van der Waals surface area contributed by atoms with Gasteiger partial charge in [-0.3, -0.25) is 19.9 Å². The number of carbonyl (C=O) groups is 2. The number of amides is 2. The maximum Gasteiger partial charge on any atom is 0.259 e. The Kier molecular flexibility index (Phi) is 4.23. The van der Waals surface area contributed by atoms with E-state index in [-0.39, 0.29) is 11.1 Å². The highest BCUT2D eigenvalue weighted by atomic mass is 16.5. The normalized spacial score (nSPS) is 13.8. The number of hydrogen-bond donors (Lipinski definition) is 2. The fourth-order valence-corrected chi connectivity index (χ4v) is 3.36. The first-order valence-electron chi connectivity index (χ1n) is 8.41. The summed E-state index contributed by atoms with van der Waals surface area (Å²) in [7, 11) is 4.47. The smallest absolute Gasteiger partial charge is 0.259 e. The van der Waals surface area contributed by atoms with Gasteiger partial charge in [0.15, 0.2) is 11.5 Å². The first-order chi connectivity index (χ1) is 13.6. The summed E-state index contributed by atoms with van der Waals surface area (Å²) >= 11 is 0. The minimum absolute atomic E-state index is 0.218. The Balaban J connectivity index is 2.00. The lowest BCUT2D eigenvalue weighted by molar-refractivity contribution is -0.122. The molecule has 3 aromatic rings. The molecular formula is C20H17N3O5. The second-order valence-electron chi connectivity index (χ2n) is 6.05. The average molecular weight is 379 g/mol. The molecule has 0 spiro atoms. The van der Waals surface area contributed by atoms with Crippen LogP contribution < -0.4 is 19.5 Å². The summed E-state index contributed by atoms with van der Waals surface area (Å²) in [5, 5.41) is 2.37. The van der Waals surface area contributed by atoms with Crippen LogP contribution in [0.2, 0.25) is 0 Å². The lowest BCUT2D eigenvalue weighted by atomic mass is 9.96. The van der Waals surface area contributed by atoms with Gasteiger partial charge in [0.25, 0.3) is 11.8 Å². The van der Waals surface area contributed by atoms with Crippen molar-refractivity contribution in [3.8, 4) is 17.2 Å². The van der Waals surface area contributed by atoms with Crippen molar-refractivity contribution in [1.29, 1.82) is 0 Å².